The Balaban J connectivity index is 2.24. The van der Waals surface area contributed by atoms with Gasteiger partial charge in [-0.1, -0.05) is 17.7 Å². The first kappa shape index (κ1) is 11.4. The van der Waals surface area contributed by atoms with Gasteiger partial charge in [-0.15, -0.1) is 9.05 Å². The molecule has 0 aliphatic carbocycles. The van der Waals surface area contributed by atoms with E-state index in [0.29, 0.717) is 23.6 Å². The predicted octanol–water partition coefficient (Wildman–Crippen LogP) is 3.73. The van der Waals surface area contributed by atoms with E-state index in [1.807, 2.05) is 0 Å². The van der Waals surface area contributed by atoms with Crippen molar-refractivity contribution in [1.29, 1.82) is 0 Å². The van der Waals surface area contributed by atoms with Gasteiger partial charge < -0.3 is 0 Å². The predicted molar refractivity (Wildman–Crippen MR) is 60.1 cm³/mol. The third kappa shape index (κ3) is 2.71. The summed E-state index contributed by atoms with van der Waals surface area (Å²) >= 11 is 10.6. The van der Waals surface area contributed by atoms with Crippen LogP contribution in [0.4, 0.5) is 4.39 Å². The number of rotatable bonds is 1. The molecule has 1 aliphatic heterocycles. The molecule has 1 aromatic carbocycles. The van der Waals surface area contributed by atoms with E-state index in [2.05, 4.69) is 0 Å². The first-order valence-electron chi connectivity index (χ1n) is 4.39. The molecule has 1 aliphatic rings. The molecular formula is C9H8ClFO2PS+. The summed E-state index contributed by atoms with van der Waals surface area (Å²) in [5, 5.41) is 0.379. The van der Waals surface area contributed by atoms with Crippen molar-refractivity contribution < 1.29 is 13.4 Å². The smallest absolute Gasteiger partial charge is 0.207 e. The van der Waals surface area contributed by atoms with E-state index in [0.717, 1.165) is 0 Å². The average molecular weight is 266 g/mol. The van der Waals surface area contributed by atoms with Crippen LogP contribution in [0.2, 0.25) is 5.02 Å². The average Bonchev–Trinajstić information content (AvgIpc) is 2.17. The SMILES string of the molecule is Fc1cc(Cl)ccc1C1CCO[P+](=S)O1. The first-order chi connectivity index (χ1) is 7.16. The highest BCUT2D eigenvalue weighted by Crippen LogP contribution is 2.41. The van der Waals surface area contributed by atoms with Gasteiger partial charge >= 0.3 is 7.15 Å². The van der Waals surface area contributed by atoms with Gasteiger partial charge in [0.25, 0.3) is 0 Å². The lowest BCUT2D eigenvalue weighted by Crippen LogP contribution is -2.10. The fraction of sp³-hybridized carbons (Fsp3) is 0.333. The van der Waals surface area contributed by atoms with E-state index in [1.54, 1.807) is 12.1 Å². The molecule has 1 fully saturated rings. The molecule has 0 aromatic heterocycles. The van der Waals surface area contributed by atoms with Crippen LogP contribution in [0.1, 0.15) is 18.1 Å². The zero-order valence-electron chi connectivity index (χ0n) is 7.65. The zero-order chi connectivity index (χ0) is 10.8. The molecule has 15 heavy (non-hydrogen) atoms. The van der Waals surface area contributed by atoms with E-state index in [4.69, 9.17) is 32.5 Å². The van der Waals surface area contributed by atoms with E-state index < -0.39 is 7.15 Å². The van der Waals surface area contributed by atoms with Crippen LogP contribution in [0, 0.1) is 5.82 Å². The summed E-state index contributed by atoms with van der Waals surface area (Å²) < 4.78 is 24.0. The van der Waals surface area contributed by atoms with Crippen molar-refractivity contribution in [2.75, 3.05) is 6.61 Å². The van der Waals surface area contributed by atoms with Gasteiger partial charge in [-0.3, -0.25) is 0 Å². The lowest BCUT2D eigenvalue weighted by molar-refractivity contribution is 0.116. The van der Waals surface area contributed by atoms with Gasteiger partial charge in [-0.05, 0) is 12.1 Å². The van der Waals surface area contributed by atoms with Crippen LogP contribution < -0.4 is 0 Å². The fourth-order valence-electron chi connectivity index (χ4n) is 1.40. The second-order valence-corrected chi connectivity index (χ2v) is 5.35. The van der Waals surface area contributed by atoms with Crippen molar-refractivity contribution in [3.8, 4) is 0 Å². The Labute approximate surface area is 97.9 Å². The lowest BCUT2D eigenvalue weighted by atomic mass is 10.1. The number of hydrogen-bond donors (Lipinski definition) is 0. The van der Waals surface area contributed by atoms with Crippen LogP contribution in [-0.4, -0.2) is 6.61 Å². The quantitative estimate of drug-likeness (QED) is 0.721. The van der Waals surface area contributed by atoms with Crippen molar-refractivity contribution in [1.82, 2.24) is 0 Å². The highest BCUT2D eigenvalue weighted by Gasteiger charge is 2.31. The second kappa shape index (κ2) is 4.81. The molecule has 2 nitrogen and oxygen atoms in total. The molecule has 6 heteroatoms. The summed E-state index contributed by atoms with van der Waals surface area (Å²) in [6, 6.07) is 4.55. The van der Waals surface area contributed by atoms with Gasteiger partial charge in [0, 0.05) is 17.0 Å². The van der Waals surface area contributed by atoms with Gasteiger partial charge in [0.15, 0.2) is 0 Å². The second-order valence-electron chi connectivity index (χ2n) is 3.11. The molecule has 0 bridgehead atoms. The van der Waals surface area contributed by atoms with Crippen LogP contribution in [0.3, 0.4) is 0 Å². The normalized spacial score (nSPS) is 24.1. The van der Waals surface area contributed by atoms with E-state index >= 15 is 0 Å². The topological polar surface area (TPSA) is 18.5 Å². The van der Waals surface area contributed by atoms with Gasteiger partial charge in [0.05, 0.1) is 0 Å². The van der Waals surface area contributed by atoms with Gasteiger partial charge in [-0.25, -0.2) is 4.39 Å². The minimum atomic E-state index is -1.29. The maximum absolute atomic E-state index is 13.5. The van der Waals surface area contributed by atoms with Crippen LogP contribution in [0.5, 0.6) is 0 Å². The Morgan fingerprint density at radius 2 is 2.33 bits per heavy atom. The summed E-state index contributed by atoms with van der Waals surface area (Å²) in [5.41, 5.74) is 0.500. The zero-order valence-corrected chi connectivity index (χ0v) is 10.1. The number of benzene rings is 1. The third-order valence-electron chi connectivity index (χ3n) is 2.10. The first-order valence-corrected chi connectivity index (χ1v) is 6.95. The minimum Gasteiger partial charge on any atom is -0.207 e. The minimum absolute atomic E-state index is 0.306. The van der Waals surface area contributed by atoms with Crippen molar-refractivity contribution in [3.63, 3.8) is 0 Å². The van der Waals surface area contributed by atoms with Gasteiger partial charge in [0.1, 0.15) is 18.5 Å². The Bertz CT molecular complexity index is 402. The molecule has 0 N–H and O–H groups in total. The molecule has 1 saturated heterocycles. The van der Waals surface area contributed by atoms with E-state index in [1.165, 1.54) is 6.07 Å². The number of hydrogen-bond acceptors (Lipinski definition) is 3. The molecule has 2 rings (SSSR count). The molecule has 2 atom stereocenters. The maximum atomic E-state index is 13.5. The Morgan fingerprint density at radius 3 is 3.00 bits per heavy atom. The summed E-state index contributed by atoms with van der Waals surface area (Å²) in [7, 11) is -1.29. The van der Waals surface area contributed by atoms with Crippen LogP contribution >= 0.6 is 18.8 Å². The van der Waals surface area contributed by atoms with Crippen molar-refractivity contribution >= 4 is 30.6 Å². The Hall–Kier alpha value is -0.120. The molecule has 1 heterocycles. The summed E-state index contributed by atoms with van der Waals surface area (Å²) in [6.07, 6.45) is 0.313. The summed E-state index contributed by atoms with van der Waals surface area (Å²) in [4.78, 5) is 0. The van der Waals surface area contributed by atoms with Crippen LogP contribution in [0.25, 0.3) is 0 Å². The van der Waals surface area contributed by atoms with Gasteiger partial charge in [-0.2, -0.15) is 0 Å². The van der Waals surface area contributed by atoms with Crippen molar-refractivity contribution in [2.45, 2.75) is 12.5 Å². The molecule has 0 radical (unpaired) electrons. The van der Waals surface area contributed by atoms with Crippen LogP contribution in [0.15, 0.2) is 18.2 Å². The third-order valence-corrected chi connectivity index (χ3v) is 3.73. The van der Waals surface area contributed by atoms with E-state index in [-0.39, 0.29) is 11.9 Å². The maximum Gasteiger partial charge on any atom is 0.522 e. The Morgan fingerprint density at radius 1 is 1.53 bits per heavy atom. The summed E-state index contributed by atoms with van der Waals surface area (Å²) in [5.74, 6) is -0.354. The summed E-state index contributed by atoms with van der Waals surface area (Å²) in [6.45, 7) is 0.516. The molecular weight excluding hydrogens is 258 g/mol. The molecule has 0 spiro atoms. The standard InChI is InChI=1S/C9H8ClFO2PS/c10-6-1-2-7(8(11)5-6)9-3-4-12-14(15)13-9/h1-2,5,9H,3-4H2/q+1. The molecule has 0 amide bonds. The molecule has 0 saturated carbocycles. The molecule has 80 valence electrons. The van der Waals surface area contributed by atoms with Crippen molar-refractivity contribution in [2.24, 2.45) is 0 Å². The monoisotopic (exact) mass is 265 g/mol. The lowest BCUT2D eigenvalue weighted by Gasteiger charge is -2.15. The van der Waals surface area contributed by atoms with E-state index in [9.17, 15) is 4.39 Å². The molecule has 1 aromatic rings. The highest BCUT2D eigenvalue weighted by molar-refractivity contribution is 8.00. The Kier molecular flexibility index (Phi) is 3.65. The fourth-order valence-corrected chi connectivity index (χ4v) is 2.83. The molecule has 2 unspecified atom stereocenters. The highest BCUT2D eigenvalue weighted by atomic mass is 35.5. The van der Waals surface area contributed by atoms with Crippen LogP contribution in [-0.2, 0) is 20.9 Å². The largest absolute Gasteiger partial charge is 0.522 e. The number of halogens is 2. The van der Waals surface area contributed by atoms with Crippen molar-refractivity contribution in [3.05, 3.63) is 34.6 Å². The van der Waals surface area contributed by atoms with Gasteiger partial charge in [0.2, 0.25) is 11.8 Å².